The van der Waals surface area contributed by atoms with Crippen molar-refractivity contribution in [2.75, 3.05) is 0 Å². The molecule has 0 radical (unpaired) electrons. The van der Waals surface area contributed by atoms with E-state index in [1.807, 2.05) is 0 Å². The van der Waals surface area contributed by atoms with Gasteiger partial charge in [-0.1, -0.05) is 41.5 Å². The first-order valence-electron chi connectivity index (χ1n) is 6.69. The van der Waals surface area contributed by atoms with Gasteiger partial charge in [-0.05, 0) is 38.0 Å². The molecule has 0 spiro atoms. The van der Waals surface area contributed by atoms with Gasteiger partial charge in [-0.15, -0.1) is 0 Å². The summed E-state index contributed by atoms with van der Waals surface area (Å²) in [4.78, 5) is 12.1. The molecule has 0 aliphatic heterocycles. The fourth-order valence-corrected chi connectivity index (χ4v) is 2.35. The molecule has 2 rings (SSSR count). The standard InChI is InChI=1S/C18H17NO/c1-13-9-14(2)11-16(10-13)5-8-18(20)17-6-3-15(12-19)4-7-17/h3-4,6-7,9-11H,5,8H2,1-2H3. The van der Waals surface area contributed by atoms with Crippen LogP contribution in [0.2, 0.25) is 0 Å². The number of nitrogens with zero attached hydrogens (tertiary/aromatic N) is 1. The average Bonchev–Trinajstić information content (AvgIpc) is 2.44. The molecule has 0 fully saturated rings. The van der Waals surface area contributed by atoms with E-state index in [9.17, 15) is 4.79 Å². The Bertz CT molecular complexity index is 643. The van der Waals surface area contributed by atoms with Crippen LogP contribution in [0.3, 0.4) is 0 Å². The normalized spacial score (nSPS) is 10.1. The molecule has 2 aromatic carbocycles. The number of rotatable bonds is 4. The van der Waals surface area contributed by atoms with Crippen LogP contribution in [0.5, 0.6) is 0 Å². The number of ketones is 1. The van der Waals surface area contributed by atoms with Gasteiger partial charge < -0.3 is 0 Å². The van der Waals surface area contributed by atoms with Gasteiger partial charge in [-0.3, -0.25) is 4.79 Å². The highest BCUT2D eigenvalue weighted by Crippen LogP contribution is 2.13. The van der Waals surface area contributed by atoms with E-state index in [-0.39, 0.29) is 5.78 Å². The molecule has 0 saturated heterocycles. The Kier molecular flexibility index (Phi) is 4.32. The van der Waals surface area contributed by atoms with Gasteiger partial charge in [0.15, 0.2) is 5.78 Å². The first kappa shape index (κ1) is 14.0. The smallest absolute Gasteiger partial charge is 0.163 e. The zero-order chi connectivity index (χ0) is 14.5. The van der Waals surface area contributed by atoms with Crippen LogP contribution in [0.4, 0.5) is 0 Å². The number of carbonyl (C=O) groups excluding carboxylic acids is 1. The van der Waals surface area contributed by atoms with Gasteiger partial charge in [0, 0.05) is 12.0 Å². The molecule has 0 atom stereocenters. The van der Waals surface area contributed by atoms with E-state index >= 15 is 0 Å². The second-order valence-corrected chi connectivity index (χ2v) is 5.11. The maximum Gasteiger partial charge on any atom is 0.163 e. The van der Waals surface area contributed by atoms with E-state index in [4.69, 9.17) is 5.26 Å². The Morgan fingerprint density at radius 1 is 1.05 bits per heavy atom. The van der Waals surface area contributed by atoms with Crippen molar-refractivity contribution in [3.8, 4) is 6.07 Å². The van der Waals surface area contributed by atoms with Crippen LogP contribution in [-0.4, -0.2) is 5.78 Å². The quantitative estimate of drug-likeness (QED) is 0.782. The van der Waals surface area contributed by atoms with Crippen LogP contribution in [-0.2, 0) is 6.42 Å². The third-order valence-corrected chi connectivity index (χ3v) is 3.26. The highest BCUT2D eigenvalue weighted by molar-refractivity contribution is 5.96. The highest BCUT2D eigenvalue weighted by Gasteiger charge is 2.06. The topological polar surface area (TPSA) is 40.9 Å². The number of hydrogen-bond acceptors (Lipinski definition) is 2. The fraction of sp³-hybridized carbons (Fsp3) is 0.222. The van der Waals surface area contributed by atoms with Crippen LogP contribution >= 0.6 is 0 Å². The van der Waals surface area contributed by atoms with Crippen LogP contribution in [0.25, 0.3) is 0 Å². The lowest BCUT2D eigenvalue weighted by atomic mass is 9.99. The fourth-order valence-electron chi connectivity index (χ4n) is 2.35. The van der Waals surface area contributed by atoms with Crippen LogP contribution in [0, 0.1) is 25.2 Å². The predicted molar refractivity (Wildman–Crippen MR) is 79.7 cm³/mol. The molecule has 0 saturated carbocycles. The Hall–Kier alpha value is -2.40. The number of Topliss-reactive ketones (excluding diaryl/α,β-unsaturated/α-hetero) is 1. The summed E-state index contributed by atoms with van der Waals surface area (Å²) in [5.41, 5.74) is 4.91. The molecule has 0 heterocycles. The van der Waals surface area contributed by atoms with E-state index < -0.39 is 0 Å². The minimum absolute atomic E-state index is 0.119. The van der Waals surface area contributed by atoms with Gasteiger partial charge in [0.2, 0.25) is 0 Å². The first-order chi connectivity index (χ1) is 9.58. The summed E-state index contributed by atoms with van der Waals surface area (Å²) in [6.07, 6.45) is 1.25. The molecule has 0 unspecified atom stereocenters. The van der Waals surface area contributed by atoms with Crippen molar-refractivity contribution in [1.29, 1.82) is 5.26 Å². The Morgan fingerprint density at radius 2 is 1.65 bits per heavy atom. The maximum atomic E-state index is 12.1. The second-order valence-electron chi connectivity index (χ2n) is 5.11. The minimum atomic E-state index is 0.119. The van der Waals surface area contributed by atoms with Crippen molar-refractivity contribution >= 4 is 5.78 Å². The van der Waals surface area contributed by atoms with E-state index in [2.05, 4.69) is 38.1 Å². The molecule has 2 heteroatoms. The zero-order valence-electron chi connectivity index (χ0n) is 11.8. The number of aryl methyl sites for hydroxylation is 3. The molecule has 0 N–H and O–H groups in total. The van der Waals surface area contributed by atoms with E-state index in [1.54, 1.807) is 24.3 Å². The monoisotopic (exact) mass is 263 g/mol. The van der Waals surface area contributed by atoms with Gasteiger partial charge >= 0.3 is 0 Å². The van der Waals surface area contributed by atoms with Gasteiger partial charge in [0.1, 0.15) is 0 Å². The summed E-state index contributed by atoms with van der Waals surface area (Å²) in [5, 5.41) is 8.74. The molecule has 0 aliphatic rings. The number of nitriles is 1. The Balaban J connectivity index is 2.02. The van der Waals surface area contributed by atoms with Crippen LogP contribution < -0.4 is 0 Å². The SMILES string of the molecule is Cc1cc(C)cc(CCC(=O)c2ccc(C#N)cc2)c1. The summed E-state index contributed by atoms with van der Waals surface area (Å²) < 4.78 is 0. The van der Waals surface area contributed by atoms with Gasteiger partial charge in [-0.25, -0.2) is 0 Å². The summed E-state index contributed by atoms with van der Waals surface area (Å²) >= 11 is 0. The summed E-state index contributed by atoms with van der Waals surface area (Å²) in [5.74, 6) is 0.119. The molecule has 0 aromatic heterocycles. The van der Waals surface area contributed by atoms with E-state index in [0.29, 0.717) is 17.5 Å². The third-order valence-electron chi connectivity index (χ3n) is 3.26. The minimum Gasteiger partial charge on any atom is -0.294 e. The number of benzene rings is 2. The highest BCUT2D eigenvalue weighted by atomic mass is 16.1. The second kappa shape index (κ2) is 6.16. The van der Waals surface area contributed by atoms with Crippen molar-refractivity contribution < 1.29 is 4.79 Å². The van der Waals surface area contributed by atoms with E-state index in [1.165, 1.54) is 16.7 Å². The number of carbonyl (C=O) groups is 1. The Morgan fingerprint density at radius 3 is 2.20 bits per heavy atom. The molecular weight excluding hydrogens is 246 g/mol. The number of hydrogen-bond donors (Lipinski definition) is 0. The van der Waals surface area contributed by atoms with Crippen molar-refractivity contribution in [3.63, 3.8) is 0 Å². The van der Waals surface area contributed by atoms with Crippen LogP contribution in [0.1, 0.15) is 39.0 Å². The molecule has 0 amide bonds. The molecule has 100 valence electrons. The Labute approximate surface area is 119 Å². The summed E-state index contributed by atoms with van der Waals surface area (Å²) in [6.45, 7) is 4.14. The molecule has 0 bridgehead atoms. The predicted octanol–water partition coefficient (Wildman–Crippen LogP) is 3.99. The first-order valence-corrected chi connectivity index (χ1v) is 6.69. The zero-order valence-corrected chi connectivity index (χ0v) is 11.8. The van der Waals surface area contributed by atoms with Gasteiger partial charge in [0.05, 0.1) is 11.6 Å². The van der Waals surface area contributed by atoms with Gasteiger partial charge in [0.25, 0.3) is 0 Å². The van der Waals surface area contributed by atoms with Crippen molar-refractivity contribution in [2.45, 2.75) is 26.7 Å². The molecule has 2 aromatic rings. The molecule has 20 heavy (non-hydrogen) atoms. The maximum absolute atomic E-state index is 12.1. The van der Waals surface area contributed by atoms with Crippen molar-refractivity contribution in [2.24, 2.45) is 0 Å². The lowest BCUT2D eigenvalue weighted by molar-refractivity contribution is 0.0983. The van der Waals surface area contributed by atoms with Crippen LogP contribution in [0.15, 0.2) is 42.5 Å². The molecule has 0 aliphatic carbocycles. The summed E-state index contributed by atoms with van der Waals surface area (Å²) in [7, 11) is 0. The lowest BCUT2D eigenvalue weighted by Gasteiger charge is -2.05. The van der Waals surface area contributed by atoms with Crippen molar-refractivity contribution in [1.82, 2.24) is 0 Å². The molecular formula is C18H17NO. The molecule has 2 nitrogen and oxygen atoms in total. The third kappa shape index (κ3) is 3.55. The lowest BCUT2D eigenvalue weighted by Crippen LogP contribution is -2.01. The summed E-state index contributed by atoms with van der Waals surface area (Å²) in [6, 6.07) is 15.2. The average molecular weight is 263 g/mol. The van der Waals surface area contributed by atoms with Crippen molar-refractivity contribution in [3.05, 3.63) is 70.3 Å². The largest absolute Gasteiger partial charge is 0.294 e. The van der Waals surface area contributed by atoms with E-state index in [0.717, 1.165) is 6.42 Å². The van der Waals surface area contributed by atoms with Gasteiger partial charge in [-0.2, -0.15) is 5.26 Å².